The Morgan fingerprint density at radius 2 is 1.68 bits per heavy atom. The molecular formula is C69H101N3O7. The van der Waals surface area contributed by atoms with Crippen LogP contribution in [0.3, 0.4) is 0 Å². The van der Waals surface area contributed by atoms with Gasteiger partial charge in [0, 0.05) is 54.1 Å². The van der Waals surface area contributed by atoms with E-state index in [1.807, 2.05) is 32.2 Å². The van der Waals surface area contributed by atoms with Crippen molar-refractivity contribution in [1.29, 1.82) is 0 Å². The average molecular weight is 1080 g/mol. The maximum absolute atomic E-state index is 16.6. The van der Waals surface area contributed by atoms with Crippen molar-refractivity contribution in [2.24, 2.45) is 86.8 Å². The first kappa shape index (κ1) is 56.4. The van der Waals surface area contributed by atoms with Gasteiger partial charge in [-0.1, -0.05) is 84.1 Å². The molecule has 2 heterocycles. The monoisotopic (exact) mass is 1080 g/mol. The van der Waals surface area contributed by atoms with Crippen molar-refractivity contribution in [2.45, 2.75) is 225 Å². The Hall–Kier alpha value is -3.12. The van der Waals surface area contributed by atoms with E-state index in [9.17, 15) is 20.4 Å². The van der Waals surface area contributed by atoms with E-state index in [1.54, 1.807) is 0 Å². The smallest absolute Gasteiger partial charge is 0.163 e. The summed E-state index contributed by atoms with van der Waals surface area (Å²) < 4.78 is 6.89. The number of fused-ring (bicyclic) bond motifs is 2. The molecule has 10 aliphatic rings. The summed E-state index contributed by atoms with van der Waals surface area (Å²) in [6.45, 7) is 17.8. The van der Waals surface area contributed by atoms with E-state index >= 15 is 9.59 Å². The van der Waals surface area contributed by atoms with Crippen LogP contribution in [0.1, 0.15) is 205 Å². The molecule has 6 saturated carbocycles. The maximum Gasteiger partial charge on any atom is 0.163 e. The van der Waals surface area contributed by atoms with E-state index < -0.39 is 28.1 Å². The number of benzene rings is 2. The number of aliphatic hydroxyl groups excluding tert-OH is 2. The Kier molecular flexibility index (Phi) is 14.7. The molecule has 1 spiro atoms. The molecule has 21 atom stereocenters. The number of nitrogen functional groups attached to an aromatic ring is 1. The third-order valence-corrected chi connectivity index (χ3v) is 25.7. The minimum absolute atomic E-state index is 0.0173. The second-order valence-electron chi connectivity index (χ2n) is 30.4. The topological polar surface area (TPSA) is 178 Å². The van der Waals surface area contributed by atoms with Crippen LogP contribution < -0.4 is 16.4 Å². The van der Waals surface area contributed by atoms with Crippen molar-refractivity contribution < 1.29 is 34.8 Å². The summed E-state index contributed by atoms with van der Waals surface area (Å²) in [5.41, 5.74) is 9.72. The number of ether oxygens (including phenoxy) is 1. The van der Waals surface area contributed by atoms with E-state index in [2.05, 4.69) is 76.4 Å². The van der Waals surface area contributed by atoms with Crippen molar-refractivity contribution in [1.82, 2.24) is 10.6 Å². The number of nitrogens with one attached hydrogen (secondary N) is 2. The molecule has 12 rings (SSSR count). The molecule has 2 aliphatic heterocycles. The molecule has 2 saturated heterocycles. The zero-order valence-electron chi connectivity index (χ0n) is 49.6. The van der Waals surface area contributed by atoms with Crippen molar-refractivity contribution in [3.63, 3.8) is 0 Å². The SMILES string of the molecule is CNCc1cc(O)cc([C@@H]2C[C@@]3(C)[C@H]4CCC5=C6C(=O)[C@@H]7CC[C@H]([C@H](CCC(C)C)C[C@H]8CC[C@@H](CO)C[C@@H]8[C@@H]6C[C@@H](O)[C@H]6O[C@]6(C)[C@@H]6CCC[C@H]6c6cccc(N)c6)[C@@]4(C[C@@H]4NC[C@](C)(O)CCCC[C@@](C)(C2=O)[C@H]43)[C@]57C)c1. The van der Waals surface area contributed by atoms with Gasteiger partial charge in [-0.3, -0.25) is 9.59 Å². The molecule has 10 nitrogen and oxygen atoms in total. The number of carbonyl (C=O) groups is 2. The van der Waals surface area contributed by atoms with E-state index in [0.717, 1.165) is 132 Å². The van der Waals surface area contributed by atoms with Gasteiger partial charge in [0.05, 0.1) is 17.3 Å². The fourth-order valence-electron chi connectivity index (χ4n) is 22.7. The van der Waals surface area contributed by atoms with E-state index in [4.69, 9.17) is 10.5 Å². The van der Waals surface area contributed by atoms with Gasteiger partial charge < -0.3 is 41.5 Å². The minimum atomic E-state index is -0.898. The van der Waals surface area contributed by atoms with Gasteiger partial charge in [-0.2, -0.15) is 0 Å². The van der Waals surface area contributed by atoms with Crippen molar-refractivity contribution in [2.75, 3.05) is 25.9 Å². The number of hydrogen-bond acceptors (Lipinski definition) is 10. The van der Waals surface area contributed by atoms with Gasteiger partial charge in [-0.15, -0.1) is 0 Å². The number of β-amino-alcohol motifs (C(OH)–C–C–N with tert-alkyl or cyclic N) is 1. The number of aromatic hydroxyl groups is 1. The molecule has 0 amide bonds. The van der Waals surface area contributed by atoms with Gasteiger partial charge in [-0.25, -0.2) is 0 Å². The van der Waals surface area contributed by atoms with Crippen LogP contribution in [-0.4, -0.2) is 81.6 Å². The van der Waals surface area contributed by atoms with Gasteiger partial charge in [0.15, 0.2) is 5.78 Å². The number of anilines is 1. The number of Topliss-reactive ketones (excluding diaryl/α,β-unsaturated/α-hetero) is 2. The summed E-state index contributed by atoms with van der Waals surface area (Å²) in [7, 11) is 1.93. The number of rotatable bonds is 12. The van der Waals surface area contributed by atoms with Crippen molar-refractivity contribution >= 4 is 17.3 Å². The fraction of sp³-hybridized carbons (Fsp3) is 0.768. The number of hydrogen-bond donors (Lipinski definition) is 7. The Balaban J connectivity index is 1.02. The van der Waals surface area contributed by atoms with E-state index in [1.165, 1.54) is 11.1 Å². The van der Waals surface area contributed by atoms with Gasteiger partial charge in [-0.05, 0) is 246 Å². The largest absolute Gasteiger partial charge is 0.508 e. The lowest BCUT2D eigenvalue weighted by atomic mass is 9.28. The quantitative estimate of drug-likeness (QED) is 0.0799. The zero-order chi connectivity index (χ0) is 55.8. The average Bonchev–Trinajstić information content (AvgIpc) is 2.23. The van der Waals surface area contributed by atoms with Crippen LogP contribution in [0.2, 0.25) is 0 Å². The third-order valence-electron chi connectivity index (χ3n) is 25.7. The summed E-state index contributed by atoms with van der Waals surface area (Å²) in [5, 5.41) is 55.2. The molecule has 2 aromatic rings. The van der Waals surface area contributed by atoms with Crippen LogP contribution >= 0.6 is 0 Å². The number of ketones is 2. The van der Waals surface area contributed by atoms with E-state index in [-0.39, 0.29) is 82.7 Å². The standard InChI is InChI=1S/C69H101N3O7/c1-39(2)17-19-44-30-43-20-18-40(37-73)29-49(43)50(33-57(75)63-68(7,79-63)53-16-12-15-48(53)42-13-11-14-46(70)31-42)59-54-23-24-58-66(5)34-51(45-27-41(36-71-8)28-47(74)32-45)62(77)65(4)26-10-9-25-64(3,78)38-72-56(61(65)66)35-69(58)52(44)21-22-55(60(59)76)67(54,69)6/h11,13-14,27-28,31-32,39-40,43-44,48-53,55-58,61,63,71-75,78H,9-10,12,15-26,29-30,33-38,70H2,1-8H3/t40-,43-,44-,48+,49+,50+,51+,52-,53-,55+,56+,57-,58-,61+,63-,64-,65-,66+,67-,68-,69-/m1/s1. The molecular weight excluding hydrogens is 983 g/mol. The highest BCUT2D eigenvalue weighted by molar-refractivity contribution is 6.03. The van der Waals surface area contributed by atoms with Crippen LogP contribution in [0, 0.1) is 86.8 Å². The Bertz CT molecular complexity index is 2680. The lowest BCUT2D eigenvalue weighted by Gasteiger charge is -2.76. The molecule has 434 valence electrons. The Labute approximate surface area is 474 Å². The number of phenols is 1. The number of aliphatic hydroxyl groups is 3. The molecule has 79 heavy (non-hydrogen) atoms. The Morgan fingerprint density at radius 1 is 0.886 bits per heavy atom. The number of epoxide rings is 1. The maximum atomic E-state index is 16.6. The van der Waals surface area contributed by atoms with Crippen molar-refractivity contribution in [3.8, 4) is 5.75 Å². The first-order valence-corrected chi connectivity index (χ1v) is 32.2. The molecule has 5 bridgehead atoms. The van der Waals surface area contributed by atoms with Gasteiger partial charge >= 0.3 is 0 Å². The van der Waals surface area contributed by atoms with Crippen molar-refractivity contribution in [3.05, 3.63) is 70.3 Å². The van der Waals surface area contributed by atoms with Crippen LogP contribution in [0.25, 0.3) is 0 Å². The normalized spacial score (nSPS) is 45.9. The molecule has 0 aromatic heterocycles. The third kappa shape index (κ3) is 8.94. The lowest BCUT2D eigenvalue weighted by molar-refractivity contribution is -0.247. The minimum Gasteiger partial charge on any atom is -0.508 e. The molecule has 0 radical (unpaired) electrons. The van der Waals surface area contributed by atoms with Gasteiger partial charge in [0.2, 0.25) is 0 Å². The summed E-state index contributed by atoms with van der Waals surface area (Å²) in [6.07, 6.45) is 17.4. The second-order valence-corrected chi connectivity index (χ2v) is 30.4. The summed E-state index contributed by atoms with van der Waals surface area (Å²) in [6, 6.07) is 14.2. The van der Waals surface area contributed by atoms with E-state index in [0.29, 0.717) is 73.5 Å². The molecule has 8 fully saturated rings. The highest BCUT2D eigenvalue weighted by Gasteiger charge is 2.78. The fourth-order valence-corrected chi connectivity index (χ4v) is 22.7. The molecule has 10 heteroatoms. The number of nitrogens with two attached hydrogens (primary N) is 1. The first-order valence-electron chi connectivity index (χ1n) is 32.2. The molecule has 8 aliphatic carbocycles. The predicted molar refractivity (Wildman–Crippen MR) is 312 cm³/mol. The van der Waals surface area contributed by atoms with Crippen LogP contribution in [0.4, 0.5) is 5.69 Å². The van der Waals surface area contributed by atoms with Crippen LogP contribution in [0.15, 0.2) is 53.6 Å². The number of carbonyl (C=O) groups excluding carboxylic acids is 2. The molecule has 8 N–H and O–H groups in total. The summed E-state index contributed by atoms with van der Waals surface area (Å²) in [4.78, 5) is 32.6. The van der Waals surface area contributed by atoms with Gasteiger partial charge in [0.1, 0.15) is 17.6 Å². The highest BCUT2D eigenvalue weighted by Crippen LogP contribution is 2.82. The molecule has 2 aromatic carbocycles. The highest BCUT2D eigenvalue weighted by atomic mass is 16.6. The second kappa shape index (κ2) is 20.6. The van der Waals surface area contributed by atoms with Crippen LogP contribution in [-0.2, 0) is 20.9 Å². The number of allylic oxidation sites excluding steroid dienone is 2. The van der Waals surface area contributed by atoms with Gasteiger partial charge in [0.25, 0.3) is 0 Å². The first-order chi connectivity index (χ1) is 37.6. The van der Waals surface area contributed by atoms with Crippen LogP contribution in [0.5, 0.6) is 5.75 Å². The number of phenolic OH excluding ortho intramolecular Hbond substituents is 1. The predicted octanol–water partition coefficient (Wildman–Crippen LogP) is 12.0. The summed E-state index contributed by atoms with van der Waals surface area (Å²) >= 11 is 0. The zero-order valence-corrected chi connectivity index (χ0v) is 49.6. The Morgan fingerprint density at radius 3 is 2.44 bits per heavy atom. The lowest BCUT2D eigenvalue weighted by Crippen LogP contribution is -2.74. The summed E-state index contributed by atoms with van der Waals surface area (Å²) in [5.74, 6) is 3.05. The molecule has 0 unspecified atom stereocenters.